The second-order valence-electron chi connectivity index (χ2n) is 7.03. The summed E-state index contributed by atoms with van der Waals surface area (Å²) < 4.78 is 5.25. The standard InChI is InChI=1S/C21H24ClN7O/c1-30-18-4-2-3-16(13-18)24-21-26-19(25-20(23)27-21)14-28-9-11-29(12-10-28)17-7-5-15(22)6-8-17/h2-8,13H,9-12,14H2,1H3,(H3,23,24,25,26,27). The summed E-state index contributed by atoms with van der Waals surface area (Å²) in [6.45, 7) is 4.29. The number of rotatable bonds is 6. The van der Waals surface area contributed by atoms with Crippen molar-refractivity contribution in [2.75, 3.05) is 49.2 Å². The maximum Gasteiger partial charge on any atom is 0.232 e. The third-order valence-corrected chi connectivity index (χ3v) is 5.21. The molecular formula is C21H24ClN7O. The summed E-state index contributed by atoms with van der Waals surface area (Å²) in [7, 11) is 1.63. The van der Waals surface area contributed by atoms with E-state index in [0.717, 1.165) is 42.6 Å². The number of aromatic nitrogens is 3. The molecule has 1 saturated heterocycles. The Morgan fingerprint density at radius 2 is 1.80 bits per heavy atom. The molecule has 0 spiro atoms. The molecule has 1 aromatic heterocycles. The highest BCUT2D eigenvalue weighted by Crippen LogP contribution is 2.21. The van der Waals surface area contributed by atoms with Gasteiger partial charge < -0.3 is 20.7 Å². The monoisotopic (exact) mass is 425 g/mol. The summed E-state index contributed by atoms with van der Waals surface area (Å²) in [5, 5.41) is 3.92. The van der Waals surface area contributed by atoms with E-state index in [1.807, 2.05) is 36.4 Å². The van der Waals surface area contributed by atoms with Gasteiger partial charge in [0.1, 0.15) is 11.6 Å². The Hall–Kier alpha value is -3.10. The van der Waals surface area contributed by atoms with Gasteiger partial charge >= 0.3 is 0 Å². The van der Waals surface area contributed by atoms with E-state index < -0.39 is 0 Å². The minimum atomic E-state index is 0.199. The van der Waals surface area contributed by atoms with Crippen LogP contribution in [0.4, 0.5) is 23.3 Å². The highest BCUT2D eigenvalue weighted by molar-refractivity contribution is 6.30. The summed E-state index contributed by atoms with van der Waals surface area (Å²) in [5.74, 6) is 2.02. The molecule has 0 radical (unpaired) electrons. The SMILES string of the molecule is COc1cccc(Nc2nc(N)nc(CN3CCN(c4ccc(Cl)cc4)CC3)n2)c1. The Balaban J connectivity index is 1.38. The predicted molar refractivity (Wildman–Crippen MR) is 119 cm³/mol. The van der Waals surface area contributed by atoms with Crippen molar-refractivity contribution in [3.05, 3.63) is 59.4 Å². The van der Waals surface area contributed by atoms with Crippen molar-refractivity contribution in [3.63, 3.8) is 0 Å². The average Bonchev–Trinajstić information content (AvgIpc) is 2.75. The first-order valence-corrected chi connectivity index (χ1v) is 10.1. The van der Waals surface area contributed by atoms with Gasteiger partial charge in [-0.05, 0) is 36.4 Å². The largest absolute Gasteiger partial charge is 0.497 e. The van der Waals surface area contributed by atoms with Gasteiger partial charge in [0.05, 0.1) is 13.7 Å². The van der Waals surface area contributed by atoms with E-state index in [2.05, 4.69) is 42.2 Å². The fourth-order valence-electron chi connectivity index (χ4n) is 3.41. The number of nitrogens with zero attached hydrogens (tertiary/aromatic N) is 5. The first kappa shape index (κ1) is 20.2. The minimum absolute atomic E-state index is 0.199. The van der Waals surface area contributed by atoms with Crippen molar-refractivity contribution < 1.29 is 4.74 Å². The van der Waals surface area contributed by atoms with Crippen molar-refractivity contribution in [1.29, 1.82) is 0 Å². The number of nitrogen functional groups attached to an aromatic ring is 1. The first-order chi connectivity index (χ1) is 14.6. The molecule has 0 saturated carbocycles. The third-order valence-electron chi connectivity index (χ3n) is 4.95. The van der Waals surface area contributed by atoms with Gasteiger partial charge in [0.15, 0.2) is 0 Å². The fraction of sp³-hybridized carbons (Fsp3) is 0.286. The highest BCUT2D eigenvalue weighted by Gasteiger charge is 2.19. The van der Waals surface area contributed by atoms with E-state index in [1.165, 1.54) is 5.69 Å². The Kier molecular flexibility index (Phi) is 6.15. The third kappa shape index (κ3) is 5.08. The van der Waals surface area contributed by atoms with Crippen LogP contribution in [-0.2, 0) is 6.54 Å². The van der Waals surface area contributed by atoms with Crippen LogP contribution in [0.2, 0.25) is 5.02 Å². The van der Waals surface area contributed by atoms with Gasteiger partial charge in [-0.25, -0.2) is 0 Å². The molecule has 2 heterocycles. The summed E-state index contributed by atoms with van der Waals surface area (Å²) in [5.41, 5.74) is 7.93. The Morgan fingerprint density at radius 3 is 2.53 bits per heavy atom. The molecular weight excluding hydrogens is 402 g/mol. The van der Waals surface area contributed by atoms with Crippen molar-refractivity contribution in [1.82, 2.24) is 19.9 Å². The maximum absolute atomic E-state index is 5.99. The molecule has 0 atom stereocenters. The van der Waals surface area contributed by atoms with Crippen molar-refractivity contribution in [2.24, 2.45) is 0 Å². The van der Waals surface area contributed by atoms with Gasteiger partial charge in [-0.3, -0.25) is 4.90 Å². The fourth-order valence-corrected chi connectivity index (χ4v) is 3.54. The van der Waals surface area contributed by atoms with Crippen LogP contribution in [0.25, 0.3) is 0 Å². The number of halogens is 1. The van der Waals surface area contributed by atoms with Gasteiger partial charge in [0.2, 0.25) is 11.9 Å². The van der Waals surface area contributed by atoms with Crippen molar-refractivity contribution in [3.8, 4) is 5.75 Å². The predicted octanol–water partition coefficient (Wildman–Crippen LogP) is 3.18. The van der Waals surface area contributed by atoms with Gasteiger partial charge in [-0.2, -0.15) is 15.0 Å². The quantitative estimate of drug-likeness (QED) is 0.622. The van der Waals surface area contributed by atoms with E-state index >= 15 is 0 Å². The van der Waals surface area contributed by atoms with Crippen LogP contribution >= 0.6 is 11.6 Å². The number of methoxy groups -OCH3 is 1. The molecule has 3 N–H and O–H groups in total. The number of hydrogen-bond acceptors (Lipinski definition) is 8. The molecule has 2 aromatic carbocycles. The number of hydrogen-bond donors (Lipinski definition) is 2. The smallest absolute Gasteiger partial charge is 0.232 e. The maximum atomic E-state index is 5.99. The lowest BCUT2D eigenvalue weighted by Gasteiger charge is -2.35. The topological polar surface area (TPSA) is 92.4 Å². The lowest BCUT2D eigenvalue weighted by atomic mass is 10.2. The summed E-state index contributed by atoms with van der Waals surface area (Å²) >= 11 is 5.99. The van der Waals surface area contributed by atoms with Crippen LogP contribution in [0.15, 0.2) is 48.5 Å². The number of piperazine rings is 1. The lowest BCUT2D eigenvalue weighted by molar-refractivity contribution is 0.244. The number of nitrogens with two attached hydrogens (primary N) is 1. The van der Waals surface area contributed by atoms with Crippen LogP contribution in [0, 0.1) is 0 Å². The van der Waals surface area contributed by atoms with Gasteiger partial charge in [-0.1, -0.05) is 17.7 Å². The molecule has 0 aliphatic carbocycles. The second-order valence-corrected chi connectivity index (χ2v) is 7.47. The molecule has 156 valence electrons. The van der Waals surface area contributed by atoms with Crippen LogP contribution < -0.4 is 20.7 Å². The normalized spacial score (nSPS) is 14.5. The van der Waals surface area contributed by atoms with Crippen LogP contribution in [0.1, 0.15) is 5.82 Å². The number of nitrogens with one attached hydrogen (secondary N) is 1. The molecule has 1 fully saturated rings. The zero-order valence-electron chi connectivity index (χ0n) is 16.8. The molecule has 1 aliphatic heterocycles. The van der Waals surface area contributed by atoms with Gasteiger partial charge in [0, 0.05) is 48.6 Å². The minimum Gasteiger partial charge on any atom is -0.497 e. The van der Waals surface area contributed by atoms with Crippen molar-refractivity contribution >= 4 is 34.9 Å². The number of anilines is 4. The van der Waals surface area contributed by atoms with E-state index in [1.54, 1.807) is 7.11 Å². The van der Waals surface area contributed by atoms with Gasteiger partial charge in [0.25, 0.3) is 0 Å². The summed E-state index contributed by atoms with van der Waals surface area (Å²) in [4.78, 5) is 17.7. The van der Waals surface area contributed by atoms with E-state index in [4.69, 9.17) is 22.1 Å². The van der Waals surface area contributed by atoms with Crippen LogP contribution in [-0.4, -0.2) is 53.1 Å². The molecule has 4 rings (SSSR count). The highest BCUT2D eigenvalue weighted by atomic mass is 35.5. The summed E-state index contributed by atoms with van der Waals surface area (Å²) in [6.07, 6.45) is 0. The number of ether oxygens (including phenoxy) is 1. The van der Waals surface area contributed by atoms with E-state index in [0.29, 0.717) is 18.3 Å². The molecule has 30 heavy (non-hydrogen) atoms. The van der Waals surface area contributed by atoms with E-state index in [9.17, 15) is 0 Å². The summed E-state index contributed by atoms with van der Waals surface area (Å²) in [6, 6.07) is 15.5. The van der Waals surface area contributed by atoms with Crippen LogP contribution in [0.3, 0.4) is 0 Å². The molecule has 9 heteroatoms. The van der Waals surface area contributed by atoms with Crippen LogP contribution in [0.5, 0.6) is 5.75 Å². The molecule has 1 aliphatic rings. The zero-order valence-corrected chi connectivity index (χ0v) is 17.5. The zero-order chi connectivity index (χ0) is 20.9. The Bertz CT molecular complexity index is 991. The molecule has 8 nitrogen and oxygen atoms in total. The molecule has 0 unspecified atom stereocenters. The average molecular weight is 426 g/mol. The van der Waals surface area contributed by atoms with Crippen molar-refractivity contribution in [2.45, 2.75) is 6.54 Å². The first-order valence-electron chi connectivity index (χ1n) is 9.73. The Morgan fingerprint density at radius 1 is 1.03 bits per heavy atom. The molecule has 3 aromatic rings. The van der Waals surface area contributed by atoms with Gasteiger partial charge in [-0.15, -0.1) is 0 Å². The lowest BCUT2D eigenvalue weighted by Crippen LogP contribution is -2.46. The second kappa shape index (κ2) is 9.15. The Labute approximate surface area is 180 Å². The number of benzene rings is 2. The molecule has 0 bridgehead atoms. The molecule has 0 amide bonds. The van der Waals surface area contributed by atoms with E-state index in [-0.39, 0.29) is 5.95 Å².